The Morgan fingerprint density at radius 3 is 2.88 bits per heavy atom. The van der Waals surface area contributed by atoms with E-state index in [1.165, 1.54) is 22.7 Å². The van der Waals surface area contributed by atoms with E-state index in [9.17, 15) is 9.18 Å². The Balaban J connectivity index is 2.52. The van der Waals surface area contributed by atoms with Crippen LogP contribution in [-0.4, -0.2) is 20.5 Å². The highest BCUT2D eigenvalue weighted by Gasteiger charge is 2.12. The average molecular weight is 230 g/mol. The van der Waals surface area contributed by atoms with Crippen molar-refractivity contribution in [1.82, 2.24) is 9.38 Å². The summed E-state index contributed by atoms with van der Waals surface area (Å²) in [4.78, 5) is 15.1. The lowest BCUT2D eigenvalue weighted by atomic mass is 10.2. The molecule has 2 heterocycles. The van der Waals surface area contributed by atoms with Gasteiger partial charge in [0.05, 0.1) is 11.7 Å². The van der Waals surface area contributed by atoms with E-state index in [-0.39, 0.29) is 11.5 Å². The maximum atomic E-state index is 13.1. The fourth-order valence-corrected chi connectivity index (χ4v) is 1.91. The number of carboxylic acid groups (broad SMARTS) is 1. The number of aromatic carboxylic acids is 1. The lowest BCUT2D eigenvalue weighted by molar-refractivity contribution is 0.0690. The van der Waals surface area contributed by atoms with Crippen LogP contribution in [0.5, 0.6) is 0 Å². The molecule has 2 aromatic heterocycles. The third kappa shape index (κ3) is 1.36. The first-order chi connectivity index (χ1) is 8.16. The van der Waals surface area contributed by atoms with E-state index >= 15 is 0 Å². The molecule has 0 spiro atoms. The molecule has 3 rings (SSSR count). The van der Waals surface area contributed by atoms with Crippen molar-refractivity contribution in [2.45, 2.75) is 0 Å². The molecule has 4 nitrogen and oxygen atoms in total. The van der Waals surface area contributed by atoms with Gasteiger partial charge in [0.15, 0.2) is 5.69 Å². The molecule has 0 atom stereocenters. The molecule has 3 aromatic rings. The number of halogens is 1. The number of rotatable bonds is 1. The van der Waals surface area contributed by atoms with Crippen LogP contribution in [0.3, 0.4) is 0 Å². The third-order valence-corrected chi connectivity index (χ3v) is 2.65. The molecule has 5 heteroatoms. The zero-order valence-corrected chi connectivity index (χ0v) is 8.59. The Labute approximate surface area is 94.9 Å². The summed E-state index contributed by atoms with van der Waals surface area (Å²) in [5, 5.41) is 9.69. The standard InChI is InChI=1S/C12H7FN2O2/c13-8-2-3-9-7(5-8)1-4-11-14-6-10(12(16)17)15(9)11/h1-6H,(H,16,17). The molecule has 0 radical (unpaired) electrons. The third-order valence-electron chi connectivity index (χ3n) is 2.65. The summed E-state index contributed by atoms with van der Waals surface area (Å²) >= 11 is 0. The molecule has 0 unspecified atom stereocenters. The van der Waals surface area contributed by atoms with Crippen molar-refractivity contribution in [3.05, 3.63) is 48.0 Å². The Morgan fingerprint density at radius 2 is 2.12 bits per heavy atom. The van der Waals surface area contributed by atoms with E-state index in [1.54, 1.807) is 18.2 Å². The van der Waals surface area contributed by atoms with Crippen LogP contribution in [0.25, 0.3) is 16.6 Å². The van der Waals surface area contributed by atoms with Crippen molar-refractivity contribution in [2.24, 2.45) is 0 Å². The lowest BCUT2D eigenvalue weighted by Gasteiger charge is -2.03. The number of carbonyl (C=O) groups is 1. The first kappa shape index (κ1) is 9.77. The number of benzene rings is 1. The van der Waals surface area contributed by atoms with Gasteiger partial charge in [0, 0.05) is 5.39 Å². The second-order valence-corrected chi connectivity index (χ2v) is 3.68. The summed E-state index contributed by atoms with van der Waals surface area (Å²) < 4.78 is 14.6. The summed E-state index contributed by atoms with van der Waals surface area (Å²) in [5.41, 5.74) is 1.22. The molecular weight excluding hydrogens is 223 g/mol. The zero-order valence-electron chi connectivity index (χ0n) is 8.59. The van der Waals surface area contributed by atoms with E-state index in [1.807, 2.05) is 0 Å². The van der Waals surface area contributed by atoms with Gasteiger partial charge in [-0.25, -0.2) is 14.2 Å². The van der Waals surface area contributed by atoms with Crippen LogP contribution in [0.2, 0.25) is 0 Å². The number of aromatic nitrogens is 2. The fourth-order valence-electron chi connectivity index (χ4n) is 1.91. The predicted molar refractivity (Wildman–Crippen MR) is 59.6 cm³/mol. The van der Waals surface area contributed by atoms with Crippen LogP contribution in [0.4, 0.5) is 4.39 Å². The minimum atomic E-state index is -1.06. The highest BCUT2D eigenvalue weighted by atomic mass is 19.1. The van der Waals surface area contributed by atoms with Crippen molar-refractivity contribution in [3.8, 4) is 0 Å². The van der Waals surface area contributed by atoms with Crippen molar-refractivity contribution in [3.63, 3.8) is 0 Å². The normalized spacial score (nSPS) is 11.1. The van der Waals surface area contributed by atoms with Crippen molar-refractivity contribution in [2.75, 3.05) is 0 Å². The van der Waals surface area contributed by atoms with E-state index in [0.29, 0.717) is 16.6 Å². The van der Waals surface area contributed by atoms with Gasteiger partial charge < -0.3 is 5.11 Å². The molecule has 0 fully saturated rings. The summed E-state index contributed by atoms with van der Waals surface area (Å²) in [7, 11) is 0. The van der Waals surface area contributed by atoms with E-state index in [0.717, 1.165) is 0 Å². The van der Waals surface area contributed by atoms with E-state index < -0.39 is 5.97 Å². The molecule has 0 aliphatic rings. The SMILES string of the molecule is O=C(O)c1cnc2ccc3cc(F)ccc3n12. The van der Waals surface area contributed by atoms with E-state index in [2.05, 4.69) is 4.98 Å². The minimum absolute atomic E-state index is 0.0669. The van der Waals surface area contributed by atoms with Gasteiger partial charge in [-0.05, 0) is 30.3 Å². The number of carboxylic acids is 1. The minimum Gasteiger partial charge on any atom is -0.477 e. The Bertz CT molecular complexity index is 749. The molecule has 84 valence electrons. The van der Waals surface area contributed by atoms with Gasteiger partial charge in [0.25, 0.3) is 0 Å². The highest BCUT2D eigenvalue weighted by molar-refractivity contribution is 5.91. The molecule has 1 aromatic carbocycles. The van der Waals surface area contributed by atoms with Gasteiger partial charge in [0.2, 0.25) is 0 Å². The Kier molecular flexibility index (Phi) is 1.89. The van der Waals surface area contributed by atoms with Crippen molar-refractivity contribution < 1.29 is 14.3 Å². The molecule has 0 amide bonds. The van der Waals surface area contributed by atoms with Gasteiger partial charge in [-0.15, -0.1) is 0 Å². The van der Waals surface area contributed by atoms with Crippen LogP contribution >= 0.6 is 0 Å². The van der Waals surface area contributed by atoms with E-state index in [4.69, 9.17) is 5.11 Å². The van der Waals surface area contributed by atoms with Crippen LogP contribution in [0, 0.1) is 5.82 Å². The van der Waals surface area contributed by atoms with Crippen LogP contribution in [0.15, 0.2) is 36.5 Å². The van der Waals surface area contributed by atoms with Crippen LogP contribution in [0.1, 0.15) is 10.5 Å². The summed E-state index contributed by atoms with van der Waals surface area (Å²) in [6, 6.07) is 7.58. The zero-order chi connectivity index (χ0) is 12.0. The van der Waals surface area contributed by atoms with Crippen LogP contribution < -0.4 is 0 Å². The number of hydrogen-bond acceptors (Lipinski definition) is 2. The molecule has 17 heavy (non-hydrogen) atoms. The number of nitrogens with zero attached hydrogens (tertiary/aromatic N) is 2. The maximum Gasteiger partial charge on any atom is 0.354 e. The average Bonchev–Trinajstić information content (AvgIpc) is 2.72. The van der Waals surface area contributed by atoms with Crippen LogP contribution in [-0.2, 0) is 0 Å². The van der Waals surface area contributed by atoms with Gasteiger partial charge in [0.1, 0.15) is 11.5 Å². The first-order valence-electron chi connectivity index (χ1n) is 4.96. The molecular formula is C12H7FN2O2. The molecule has 0 saturated heterocycles. The topological polar surface area (TPSA) is 54.6 Å². The van der Waals surface area contributed by atoms with Crippen molar-refractivity contribution >= 4 is 22.5 Å². The number of imidazole rings is 1. The second kappa shape index (κ2) is 3.28. The van der Waals surface area contributed by atoms with Gasteiger partial charge in [-0.3, -0.25) is 4.40 Å². The van der Waals surface area contributed by atoms with Crippen molar-refractivity contribution in [1.29, 1.82) is 0 Å². The molecule has 0 aliphatic carbocycles. The monoisotopic (exact) mass is 230 g/mol. The van der Waals surface area contributed by atoms with Gasteiger partial charge >= 0.3 is 5.97 Å². The number of fused-ring (bicyclic) bond motifs is 3. The summed E-state index contributed by atoms with van der Waals surface area (Å²) in [6.07, 6.45) is 1.29. The molecule has 0 bridgehead atoms. The lowest BCUT2D eigenvalue weighted by Crippen LogP contribution is -2.02. The number of hydrogen-bond donors (Lipinski definition) is 1. The predicted octanol–water partition coefficient (Wildman–Crippen LogP) is 2.32. The molecule has 0 aliphatic heterocycles. The maximum absolute atomic E-state index is 13.1. The summed E-state index contributed by atoms with van der Waals surface area (Å²) in [6.45, 7) is 0. The Morgan fingerprint density at radius 1 is 1.29 bits per heavy atom. The fraction of sp³-hybridized carbons (Fsp3) is 0. The quantitative estimate of drug-likeness (QED) is 0.698. The van der Waals surface area contributed by atoms with Gasteiger partial charge in [-0.2, -0.15) is 0 Å². The smallest absolute Gasteiger partial charge is 0.354 e. The number of pyridine rings is 1. The highest BCUT2D eigenvalue weighted by Crippen LogP contribution is 2.19. The Hall–Kier alpha value is -2.43. The largest absolute Gasteiger partial charge is 0.477 e. The molecule has 0 saturated carbocycles. The molecule has 1 N–H and O–H groups in total. The summed E-state index contributed by atoms with van der Waals surface area (Å²) in [5.74, 6) is -1.41. The second-order valence-electron chi connectivity index (χ2n) is 3.68. The first-order valence-corrected chi connectivity index (χ1v) is 4.96. The van der Waals surface area contributed by atoms with Gasteiger partial charge in [-0.1, -0.05) is 0 Å².